The van der Waals surface area contributed by atoms with Crippen molar-refractivity contribution in [3.05, 3.63) is 36.5 Å². The summed E-state index contributed by atoms with van der Waals surface area (Å²) in [5.41, 5.74) is 8.62. The molecule has 1 heterocycles. The Balaban J connectivity index is 2.81. The highest BCUT2D eigenvalue weighted by Gasteiger charge is 1.98. The van der Waals surface area contributed by atoms with E-state index in [0.717, 1.165) is 22.2 Å². The molecule has 0 unspecified atom stereocenters. The highest BCUT2D eigenvalue weighted by atomic mass is 14.7. The van der Waals surface area contributed by atoms with Gasteiger partial charge in [0.15, 0.2) is 0 Å². The van der Waals surface area contributed by atoms with Crippen LogP contribution in [0.4, 0.5) is 5.69 Å². The number of nitrogens with one attached hydrogen (secondary N) is 1. The fourth-order valence-corrected chi connectivity index (χ4v) is 1.31. The number of aromatic nitrogens is 1. The number of anilines is 1. The van der Waals surface area contributed by atoms with Crippen LogP contribution in [0.1, 0.15) is 5.56 Å². The van der Waals surface area contributed by atoms with Crippen LogP contribution in [0.15, 0.2) is 31.0 Å². The average molecular weight is 158 g/mol. The van der Waals surface area contributed by atoms with Gasteiger partial charge in [0.25, 0.3) is 0 Å². The Hall–Kier alpha value is -1.70. The van der Waals surface area contributed by atoms with Crippen LogP contribution in [-0.4, -0.2) is 4.98 Å². The van der Waals surface area contributed by atoms with E-state index in [9.17, 15) is 0 Å². The van der Waals surface area contributed by atoms with Crippen LogP contribution in [0.3, 0.4) is 0 Å². The molecule has 0 fully saturated rings. The Morgan fingerprint density at radius 3 is 3.00 bits per heavy atom. The molecule has 0 amide bonds. The smallest absolute Gasteiger partial charge is 0.0461 e. The third-order valence-corrected chi connectivity index (χ3v) is 1.98. The van der Waals surface area contributed by atoms with Gasteiger partial charge in [-0.1, -0.05) is 12.7 Å². The van der Waals surface area contributed by atoms with Crippen LogP contribution in [0, 0.1) is 0 Å². The van der Waals surface area contributed by atoms with Gasteiger partial charge in [-0.3, -0.25) is 0 Å². The fourth-order valence-electron chi connectivity index (χ4n) is 1.31. The zero-order chi connectivity index (χ0) is 8.55. The van der Waals surface area contributed by atoms with Crippen LogP contribution in [0.2, 0.25) is 0 Å². The number of H-pyrrole nitrogens is 1. The standard InChI is InChI=1S/C10H10N2/c1-2-7-6-10-8(3-4-12-10)5-9(7)11/h2-6,12H,1,11H2. The summed E-state index contributed by atoms with van der Waals surface area (Å²) in [7, 11) is 0. The molecule has 0 saturated carbocycles. The van der Waals surface area contributed by atoms with Gasteiger partial charge in [-0.2, -0.15) is 0 Å². The van der Waals surface area contributed by atoms with Crippen molar-refractivity contribution in [1.29, 1.82) is 0 Å². The molecule has 2 heteroatoms. The molecule has 2 nitrogen and oxygen atoms in total. The second kappa shape index (κ2) is 2.41. The van der Waals surface area contributed by atoms with E-state index in [-0.39, 0.29) is 0 Å². The molecule has 0 saturated heterocycles. The zero-order valence-electron chi connectivity index (χ0n) is 6.67. The molecule has 2 rings (SSSR count). The van der Waals surface area contributed by atoms with E-state index in [0.29, 0.717) is 0 Å². The molecule has 0 atom stereocenters. The molecule has 0 aliphatic carbocycles. The van der Waals surface area contributed by atoms with Gasteiger partial charge in [-0.05, 0) is 23.8 Å². The minimum absolute atomic E-state index is 0.775. The SMILES string of the molecule is C=Cc1cc2[nH]ccc2cc1N. The monoisotopic (exact) mass is 158 g/mol. The van der Waals surface area contributed by atoms with E-state index in [1.807, 2.05) is 24.4 Å². The van der Waals surface area contributed by atoms with Crippen molar-refractivity contribution in [3.8, 4) is 0 Å². The van der Waals surface area contributed by atoms with Crippen molar-refractivity contribution in [3.63, 3.8) is 0 Å². The van der Waals surface area contributed by atoms with Crippen molar-refractivity contribution in [1.82, 2.24) is 4.98 Å². The highest BCUT2D eigenvalue weighted by molar-refractivity contribution is 5.87. The Morgan fingerprint density at radius 1 is 1.42 bits per heavy atom. The summed E-state index contributed by atoms with van der Waals surface area (Å²) in [5.74, 6) is 0. The van der Waals surface area contributed by atoms with E-state index >= 15 is 0 Å². The van der Waals surface area contributed by atoms with Crippen molar-refractivity contribution in [2.45, 2.75) is 0 Å². The van der Waals surface area contributed by atoms with Crippen LogP contribution >= 0.6 is 0 Å². The molecule has 0 bridgehead atoms. The Labute approximate surface area is 70.7 Å². The van der Waals surface area contributed by atoms with E-state index in [2.05, 4.69) is 11.6 Å². The van der Waals surface area contributed by atoms with E-state index in [4.69, 9.17) is 5.73 Å². The van der Waals surface area contributed by atoms with E-state index in [1.54, 1.807) is 6.08 Å². The van der Waals surface area contributed by atoms with E-state index in [1.165, 1.54) is 0 Å². The van der Waals surface area contributed by atoms with Crippen molar-refractivity contribution in [2.24, 2.45) is 0 Å². The van der Waals surface area contributed by atoms with Gasteiger partial charge in [0.1, 0.15) is 0 Å². The Morgan fingerprint density at radius 2 is 2.25 bits per heavy atom. The summed E-state index contributed by atoms with van der Waals surface area (Å²) in [6, 6.07) is 5.94. The quantitative estimate of drug-likeness (QED) is 0.615. The average Bonchev–Trinajstić information content (AvgIpc) is 2.49. The summed E-state index contributed by atoms with van der Waals surface area (Å²) in [6.45, 7) is 3.69. The van der Waals surface area contributed by atoms with Gasteiger partial charge < -0.3 is 10.7 Å². The first-order valence-corrected chi connectivity index (χ1v) is 3.80. The summed E-state index contributed by atoms with van der Waals surface area (Å²) >= 11 is 0. The number of hydrogen-bond acceptors (Lipinski definition) is 1. The molecule has 60 valence electrons. The third-order valence-electron chi connectivity index (χ3n) is 1.98. The van der Waals surface area contributed by atoms with Gasteiger partial charge in [0, 0.05) is 22.8 Å². The lowest BCUT2D eigenvalue weighted by atomic mass is 10.1. The molecule has 1 aromatic carbocycles. The fraction of sp³-hybridized carbons (Fsp3) is 0. The van der Waals surface area contributed by atoms with E-state index < -0.39 is 0 Å². The minimum atomic E-state index is 0.775. The third kappa shape index (κ3) is 0.889. The molecule has 2 aromatic rings. The first-order chi connectivity index (χ1) is 5.81. The summed E-state index contributed by atoms with van der Waals surface area (Å²) in [5, 5.41) is 1.14. The first-order valence-electron chi connectivity index (χ1n) is 3.80. The number of hydrogen-bond donors (Lipinski definition) is 2. The number of benzene rings is 1. The predicted molar refractivity (Wildman–Crippen MR) is 52.8 cm³/mol. The Bertz CT molecular complexity index is 426. The number of fused-ring (bicyclic) bond motifs is 1. The molecule has 0 aliphatic heterocycles. The van der Waals surface area contributed by atoms with Crippen molar-refractivity contribution in [2.75, 3.05) is 5.73 Å². The topological polar surface area (TPSA) is 41.8 Å². The van der Waals surface area contributed by atoms with Gasteiger partial charge in [-0.25, -0.2) is 0 Å². The van der Waals surface area contributed by atoms with Gasteiger partial charge in [0.05, 0.1) is 0 Å². The van der Waals surface area contributed by atoms with Crippen molar-refractivity contribution < 1.29 is 0 Å². The number of rotatable bonds is 1. The van der Waals surface area contributed by atoms with Gasteiger partial charge >= 0.3 is 0 Å². The van der Waals surface area contributed by atoms with Crippen LogP contribution in [0.5, 0.6) is 0 Å². The molecular formula is C10H10N2. The molecule has 12 heavy (non-hydrogen) atoms. The largest absolute Gasteiger partial charge is 0.398 e. The lowest BCUT2D eigenvalue weighted by Crippen LogP contribution is -1.88. The first kappa shape index (κ1) is 6.98. The minimum Gasteiger partial charge on any atom is -0.398 e. The molecule has 3 N–H and O–H groups in total. The summed E-state index contributed by atoms with van der Waals surface area (Å²) < 4.78 is 0. The second-order valence-corrected chi connectivity index (χ2v) is 2.75. The number of aromatic amines is 1. The molecule has 0 aliphatic rings. The Kier molecular flexibility index (Phi) is 1.40. The van der Waals surface area contributed by atoms with Crippen LogP contribution in [0.25, 0.3) is 17.0 Å². The number of nitrogens with two attached hydrogens (primary N) is 1. The molecule has 0 radical (unpaired) electrons. The van der Waals surface area contributed by atoms with Gasteiger partial charge in [-0.15, -0.1) is 0 Å². The van der Waals surface area contributed by atoms with Gasteiger partial charge in [0.2, 0.25) is 0 Å². The second-order valence-electron chi connectivity index (χ2n) is 2.75. The maximum atomic E-state index is 5.77. The van der Waals surface area contributed by atoms with Crippen LogP contribution < -0.4 is 5.73 Å². The van der Waals surface area contributed by atoms with Crippen LogP contribution in [-0.2, 0) is 0 Å². The molecule has 1 aromatic heterocycles. The normalized spacial score (nSPS) is 10.3. The predicted octanol–water partition coefficient (Wildman–Crippen LogP) is 2.39. The molecule has 0 spiro atoms. The lowest BCUT2D eigenvalue weighted by Gasteiger charge is -1.99. The zero-order valence-corrected chi connectivity index (χ0v) is 6.67. The maximum absolute atomic E-state index is 5.77. The summed E-state index contributed by atoms with van der Waals surface area (Å²) in [4.78, 5) is 3.12. The maximum Gasteiger partial charge on any atom is 0.0461 e. The molecular weight excluding hydrogens is 148 g/mol. The van der Waals surface area contributed by atoms with Crippen molar-refractivity contribution >= 4 is 22.7 Å². The highest BCUT2D eigenvalue weighted by Crippen LogP contribution is 2.21. The lowest BCUT2D eigenvalue weighted by molar-refractivity contribution is 1.47. The summed E-state index contributed by atoms with van der Waals surface area (Å²) in [6.07, 6.45) is 3.66. The number of nitrogen functional groups attached to an aromatic ring is 1.